The molecule has 0 unspecified atom stereocenters. The summed E-state index contributed by atoms with van der Waals surface area (Å²) in [6, 6.07) is 12.5. The quantitative estimate of drug-likeness (QED) is 0.300. The Kier molecular flexibility index (Phi) is 6.03. The van der Waals surface area contributed by atoms with E-state index in [1.165, 1.54) is 38.2 Å². The number of rotatable bonds is 6. The maximum Gasteiger partial charge on any atom is 0.234 e. The third-order valence-electron chi connectivity index (χ3n) is 6.87. The van der Waals surface area contributed by atoms with Gasteiger partial charge in [0.2, 0.25) is 5.95 Å². The van der Waals surface area contributed by atoms with Crippen LogP contribution >= 0.6 is 0 Å². The molecule has 1 saturated carbocycles. The van der Waals surface area contributed by atoms with Crippen molar-refractivity contribution in [2.75, 3.05) is 0 Å². The Hall–Kier alpha value is -3.34. The summed E-state index contributed by atoms with van der Waals surface area (Å²) in [6.45, 7) is 2.04. The maximum atomic E-state index is 14.1. The minimum atomic E-state index is -0.299. The Morgan fingerprint density at radius 2 is 1.82 bits per heavy atom. The molecule has 0 spiro atoms. The van der Waals surface area contributed by atoms with Crippen LogP contribution in [0.2, 0.25) is 0 Å². The summed E-state index contributed by atoms with van der Waals surface area (Å²) in [4.78, 5) is 21.9. The third-order valence-corrected chi connectivity index (χ3v) is 6.87. The third kappa shape index (κ3) is 4.45. The van der Waals surface area contributed by atoms with Crippen molar-refractivity contribution in [1.29, 1.82) is 0 Å². The van der Waals surface area contributed by atoms with Crippen LogP contribution in [0, 0.1) is 18.7 Å². The largest absolute Gasteiger partial charge is 0.294 e. The molecule has 2 aromatic carbocycles. The summed E-state index contributed by atoms with van der Waals surface area (Å²) in [6.07, 6.45) is 13.3. The van der Waals surface area contributed by atoms with Gasteiger partial charge < -0.3 is 0 Å². The molecule has 0 aliphatic heterocycles. The van der Waals surface area contributed by atoms with Crippen LogP contribution in [0.15, 0.2) is 61.1 Å². The van der Waals surface area contributed by atoms with Crippen molar-refractivity contribution in [3.05, 3.63) is 78.0 Å². The molecular weight excluding hydrogens is 413 g/mol. The number of Topliss-reactive ketones (excluding diaryl/α,β-unsaturated/α-hetero) is 1. The van der Waals surface area contributed by atoms with Gasteiger partial charge in [-0.25, -0.2) is 14.4 Å². The molecule has 5 heteroatoms. The van der Waals surface area contributed by atoms with Gasteiger partial charge in [0.05, 0.1) is 5.52 Å². The predicted octanol–water partition coefficient (Wildman–Crippen LogP) is 7.08. The Balaban J connectivity index is 1.41. The molecule has 4 aromatic rings. The van der Waals surface area contributed by atoms with Gasteiger partial charge in [-0.15, -0.1) is 0 Å². The first kappa shape index (κ1) is 21.5. The van der Waals surface area contributed by atoms with Crippen LogP contribution in [0.5, 0.6) is 0 Å². The predicted molar refractivity (Wildman–Crippen MR) is 129 cm³/mol. The monoisotopic (exact) mass is 441 g/mol. The lowest BCUT2D eigenvalue weighted by Crippen LogP contribution is -2.09. The number of carbonyl (C=O) groups is 1. The first-order valence-electron chi connectivity index (χ1n) is 11.8. The minimum absolute atomic E-state index is 0.198. The second kappa shape index (κ2) is 9.26. The number of hydrogen-bond acceptors (Lipinski definition) is 3. The van der Waals surface area contributed by atoms with E-state index in [2.05, 4.69) is 9.97 Å². The second-order valence-electron chi connectivity index (χ2n) is 9.13. The first-order valence-corrected chi connectivity index (χ1v) is 11.8. The highest BCUT2D eigenvalue weighted by Crippen LogP contribution is 2.29. The molecular formula is C28H28FN3O. The maximum absolute atomic E-state index is 14.1. The van der Waals surface area contributed by atoms with E-state index in [1.54, 1.807) is 30.6 Å². The molecule has 2 heterocycles. The normalized spacial score (nSPS) is 14.6. The number of nitrogens with zero attached hydrogens (tertiary/aromatic N) is 3. The number of carbonyl (C=O) groups excluding carboxylic acids is 1. The van der Waals surface area contributed by atoms with E-state index in [0.717, 1.165) is 28.5 Å². The van der Waals surface area contributed by atoms with Crippen LogP contribution in [0.25, 0.3) is 28.0 Å². The first-order chi connectivity index (χ1) is 16.1. The number of ketones is 1. The van der Waals surface area contributed by atoms with Crippen LogP contribution in [0.1, 0.15) is 60.9 Å². The fourth-order valence-corrected chi connectivity index (χ4v) is 4.97. The lowest BCUT2D eigenvalue weighted by atomic mass is 9.85. The lowest BCUT2D eigenvalue weighted by Gasteiger charge is -2.20. The van der Waals surface area contributed by atoms with Gasteiger partial charge in [0.1, 0.15) is 5.82 Å². The van der Waals surface area contributed by atoms with Crippen LogP contribution in [-0.4, -0.2) is 20.3 Å². The average Bonchev–Trinajstić information content (AvgIpc) is 3.19. The van der Waals surface area contributed by atoms with Crippen molar-refractivity contribution in [3.8, 4) is 17.1 Å². The SMILES string of the molecule is Cc1cn(-c2ncc(-c3ccccc3F)cn2)c2cc(C(=O)CCC3CCCCC3)ccc12. The van der Waals surface area contributed by atoms with Crippen molar-refractivity contribution in [3.63, 3.8) is 0 Å². The highest BCUT2D eigenvalue weighted by molar-refractivity contribution is 6.00. The summed E-state index contributed by atoms with van der Waals surface area (Å²) in [5, 5.41) is 1.07. The molecule has 0 amide bonds. The van der Waals surface area contributed by atoms with Gasteiger partial charge >= 0.3 is 0 Å². The number of aromatic nitrogens is 3. The van der Waals surface area contributed by atoms with Crippen LogP contribution in [0.4, 0.5) is 4.39 Å². The topological polar surface area (TPSA) is 47.8 Å². The zero-order valence-corrected chi connectivity index (χ0v) is 18.9. The molecule has 0 N–H and O–H groups in total. The van der Waals surface area contributed by atoms with Crippen LogP contribution in [0.3, 0.4) is 0 Å². The molecule has 0 atom stereocenters. The van der Waals surface area contributed by atoms with E-state index in [0.29, 0.717) is 29.4 Å². The van der Waals surface area contributed by atoms with Crippen molar-refractivity contribution < 1.29 is 9.18 Å². The average molecular weight is 442 g/mol. The Morgan fingerprint density at radius 3 is 2.58 bits per heavy atom. The smallest absolute Gasteiger partial charge is 0.234 e. The number of hydrogen-bond donors (Lipinski definition) is 0. The fraction of sp³-hybridized carbons (Fsp3) is 0.321. The highest BCUT2D eigenvalue weighted by Gasteiger charge is 2.17. The van der Waals surface area contributed by atoms with E-state index in [9.17, 15) is 9.18 Å². The van der Waals surface area contributed by atoms with Crippen molar-refractivity contribution in [1.82, 2.24) is 14.5 Å². The van der Waals surface area contributed by atoms with E-state index >= 15 is 0 Å². The summed E-state index contributed by atoms with van der Waals surface area (Å²) in [5.74, 6) is 1.09. The van der Waals surface area contributed by atoms with Gasteiger partial charge in [-0.3, -0.25) is 9.36 Å². The van der Waals surface area contributed by atoms with Gasteiger partial charge in [-0.1, -0.05) is 62.4 Å². The number of benzene rings is 2. The number of halogens is 1. The van der Waals surface area contributed by atoms with Crippen molar-refractivity contribution in [2.45, 2.75) is 51.9 Å². The van der Waals surface area contributed by atoms with Gasteiger partial charge in [0, 0.05) is 47.1 Å². The zero-order valence-electron chi connectivity index (χ0n) is 18.9. The molecule has 0 radical (unpaired) electrons. The standard InChI is InChI=1S/C28H28FN3O/c1-19-18-32(28-30-16-22(17-31-28)24-9-5-6-10-25(24)29)26-15-21(12-13-23(19)26)27(33)14-11-20-7-3-2-4-8-20/h5-6,9-10,12-13,15-18,20H,2-4,7-8,11,14H2,1H3. The Bertz CT molecular complexity index is 1290. The summed E-state index contributed by atoms with van der Waals surface area (Å²) in [5.41, 5.74) is 3.84. The molecule has 1 aliphatic rings. The summed E-state index contributed by atoms with van der Waals surface area (Å²) < 4.78 is 16.0. The highest BCUT2D eigenvalue weighted by atomic mass is 19.1. The van der Waals surface area contributed by atoms with E-state index in [4.69, 9.17) is 0 Å². The molecule has 0 bridgehead atoms. The molecule has 5 rings (SSSR count). The summed E-state index contributed by atoms with van der Waals surface area (Å²) >= 11 is 0. The molecule has 1 aliphatic carbocycles. The van der Waals surface area contributed by atoms with Crippen molar-refractivity contribution >= 4 is 16.7 Å². The van der Waals surface area contributed by atoms with Gasteiger partial charge in [-0.05, 0) is 37.0 Å². The molecule has 1 fully saturated rings. The summed E-state index contributed by atoms with van der Waals surface area (Å²) in [7, 11) is 0. The van der Waals surface area contributed by atoms with E-state index in [1.807, 2.05) is 35.9 Å². The lowest BCUT2D eigenvalue weighted by molar-refractivity contribution is 0.0970. The van der Waals surface area contributed by atoms with Crippen LogP contribution < -0.4 is 0 Å². The van der Waals surface area contributed by atoms with E-state index in [-0.39, 0.29) is 11.6 Å². The Morgan fingerprint density at radius 1 is 1.06 bits per heavy atom. The van der Waals surface area contributed by atoms with Gasteiger partial charge in [-0.2, -0.15) is 0 Å². The molecule has 0 saturated heterocycles. The number of aryl methyl sites for hydroxylation is 1. The molecule has 168 valence electrons. The fourth-order valence-electron chi connectivity index (χ4n) is 4.97. The molecule has 4 nitrogen and oxygen atoms in total. The van der Waals surface area contributed by atoms with Gasteiger partial charge in [0.15, 0.2) is 5.78 Å². The minimum Gasteiger partial charge on any atom is -0.294 e. The molecule has 33 heavy (non-hydrogen) atoms. The second-order valence-corrected chi connectivity index (χ2v) is 9.13. The zero-order chi connectivity index (χ0) is 22.8. The van der Waals surface area contributed by atoms with Crippen molar-refractivity contribution in [2.24, 2.45) is 5.92 Å². The van der Waals surface area contributed by atoms with Crippen LogP contribution in [-0.2, 0) is 0 Å². The Labute approximate surface area is 193 Å². The number of fused-ring (bicyclic) bond motifs is 1. The van der Waals surface area contributed by atoms with E-state index < -0.39 is 0 Å². The molecule has 2 aromatic heterocycles. The van der Waals surface area contributed by atoms with Gasteiger partial charge in [0.25, 0.3) is 0 Å².